The molecule has 0 aliphatic carbocycles. The first-order valence-corrected chi connectivity index (χ1v) is 10.4. The first-order chi connectivity index (χ1) is 13.5. The molecule has 29 heavy (non-hydrogen) atoms. The first kappa shape index (κ1) is 22.5. The van der Waals surface area contributed by atoms with Gasteiger partial charge < -0.3 is 10.1 Å². The third-order valence-electron chi connectivity index (χ3n) is 4.13. The summed E-state index contributed by atoms with van der Waals surface area (Å²) in [4.78, 5) is 12.8. The molecule has 158 valence electrons. The Morgan fingerprint density at radius 3 is 2.38 bits per heavy atom. The second-order valence-electron chi connectivity index (χ2n) is 6.22. The molecule has 0 saturated heterocycles. The minimum Gasteiger partial charge on any atom is -0.497 e. The molecule has 2 aromatic carbocycles. The standard InChI is InChI=1S/C19H21F3N2O4S/c1-4-17(18(25)23-16-11-6-5-10-15(16)19(20,21)22)24(29(3,26)27)13-8-7-9-14(12-13)28-2/h5-12,17H,4H2,1-3H3,(H,23,25)/t17-/m1/s1. The number of carbonyl (C=O) groups is 1. The Morgan fingerprint density at radius 1 is 1.17 bits per heavy atom. The minimum atomic E-state index is -4.67. The Bertz CT molecular complexity index is 977. The summed E-state index contributed by atoms with van der Waals surface area (Å²) in [6, 6.07) is 9.30. The van der Waals surface area contributed by atoms with Crippen LogP contribution in [0.2, 0.25) is 0 Å². The van der Waals surface area contributed by atoms with Gasteiger partial charge in [0.1, 0.15) is 11.8 Å². The molecule has 1 atom stereocenters. The number of methoxy groups -OCH3 is 1. The van der Waals surface area contributed by atoms with E-state index in [4.69, 9.17) is 4.74 Å². The number of para-hydroxylation sites is 1. The monoisotopic (exact) mass is 430 g/mol. The highest BCUT2D eigenvalue weighted by Gasteiger charge is 2.36. The lowest BCUT2D eigenvalue weighted by Gasteiger charge is -2.30. The highest BCUT2D eigenvalue weighted by molar-refractivity contribution is 7.92. The zero-order chi connectivity index (χ0) is 21.8. The zero-order valence-corrected chi connectivity index (χ0v) is 16.8. The summed E-state index contributed by atoms with van der Waals surface area (Å²) in [5.41, 5.74) is -1.30. The van der Waals surface area contributed by atoms with Gasteiger partial charge in [-0.3, -0.25) is 9.10 Å². The highest BCUT2D eigenvalue weighted by Crippen LogP contribution is 2.35. The van der Waals surface area contributed by atoms with Crippen molar-refractivity contribution in [1.82, 2.24) is 0 Å². The van der Waals surface area contributed by atoms with Gasteiger partial charge in [0.15, 0.2) is 0 Å². The van der Waals surface area contributed by atoms with Gasteiger partial charge in [-0.2, -0.15) is 13.2 Å². The Labute approximate surface area is 167 Å². The lowest BCUT2D eigenvalue weighted by atomic mass is 10.1. The Morgan fingerprint density at radius 2 is 1.83 bits per heavy atom. The van der Waals surface area contributed by atoms with E-state index < -0.39 is 39.4 Å². The molecule has 0 fully saturated rings. The number of nitrogens with zero attached hydrogens (tertiary/aromatic N) is 1. The second-order valence-corrected chi connectivity index (χ2v) is 8.08. The van der Waals surface area contributed by atoms with Crippen molar-refractivity contribution in [3.8, 4) is 5.75 Å². The number of benzene rings is 2. The van der Waals surface area contributed by atoms with Crippen LogP contribution >= 0.6 is 0 Å². The molecule has 2 rings (SSSR count). The molecular formula is C19H21F3N2O4S. The lowest BCUT2D eigenvalue weighted by Crippen LogP contribution is -2.47. The molecule has 0 radical (unpaired) electrons. The first-order valence-electron chi connectivity index (χ1n) is 8.59. The molecule has 0 heterocycles. The van der Waals surface area contributed by atoms with Gasteiger partial charge in [0.25, 0.3) is 0 Å². The smallest absolute Gasteiger partial charge is 0.418 e. The maximum Gasteiger partial charge on any atom is 0.418 e. The van der Waals surface area contributed by atoms with Crippen LogP contribution in [0, 0.1) is 0 Å². The van der Waals surface area contributed by atoms with Crippen molar-refractivity contribution in [3.05, 3.63) is 54.1 Å². The summed E-state index contributed by atoms with van der Waals surface area (Å²) in [6.07, 6.45) is -3.72. The van der Waals surface area contributed by atoms with Gasteiger partial charge >= 0.3 is 6.18 Å². The number of rotatable bonds is 7. The molecule has 0 aromatic heterocycles. The predicted molar refractivity (Wildman–Crippen MR) is 104 cm³/mol. The van der Waals surface area contributed by atoms with Crippen molar-refractivity contribution >= 4 is 27.3 Å². The number of hydrogen-bond donors (Lipinski definition) is 1. The van der Waals surface area contributed by atoms with Gasteiger partial charge in [0, 0.05) is 6.07 Å². The van der Waals surface area contributed by atoms with Crippen LogP contribution in [0.25, 0.3) is 0 Å². The fraction of sp³-hybridized carbons (Fsp3) is 0.316. The Hall–Kier alpha value is -2.75. The van der Waals surface area contributed by atoms with Gasteiger partial charge in [0.2, 0.25) is 15.9 Å². The number of hydrogen-bond acceptors (Lipinski definition) is 4. The van der Waals surface area contributed by atoms with E-state index >= 15 is 0 Å². The average molecular weight is 430 g/mol. The summed E-state index contributed by atoms with van der Waals surface area (Å²) in [7, 11) is -2.53. The van der Waals surface area contributed by atoms with Crippen LogP contribution in [0.4, 0.5) is 24.5 Å². The van der Waals surface area contributed by atoms with Crippen molar-refractivity contribution in [2.45, 2.75) is 25.6 Å². The van der Waals surface area contributed by atoms with Crippen LogP contribution in [0.3, 0.4) is 0 Å². The van der Waals surface area contributed by atoms with Gasteiger partial charge in [-0.25, -0.2) is 8.42 Å². The molecule has 0 aliphatic heterocycles. The fourth-order valence-corrected chi connectivity index (χ4v) is 4.07. The second kappa shape index (κ2) is 8.73. The minimum absolute atomic E-state index is 0.0320. The van der Waals surface area contributed by atoms with Crippen molar-refractivity contribution in [2.75, 3.05) is 23.0 Å². The molecule has 10 heteroatoms. The maximum absolute atomic E-state index is 13.2. The number of halogens is 3. The number of alkyl halides is 3. The molecule has 1 N–H and O–H groups in total. The van der Waals surface area contributed by atoms with Crippen molar-refractivity contribution in [2.24, 2.45) is 0 Å². The largest absolute Gasteiger partial charge is 0.497 e. The van der Waals surface area contributed by atoms with E-state index in [2.05, 4.69) is 5.32 Å². The van der Waals surface area contributed by atoms with E-state index in [0.717, 1.165) is 22.7 Å². The summed E-state index contributed by atoms with van der Waals surface area (Å²) in [6.45, 7) is 1.57. The maximum atomic E-state index is 13.2. The van der Waals surface area contributed by atoms with Crippen molar-refractivity contribution in [1.29, 1.82) is 0 Å². The van der Waals surface area contributed by atoms with Gasteiger partial charge in [-0.05, 0) is 30.7 Å². The van der Waals surface area contributed by atoms with E-state index in [0.29, 0.717) is 5.75 Å². The molecule has 2 aromatic rings. The van der Waals surface area contributed by atoms with Crippen molar-refractivity contribution < 1.29 is 31.1 Å². The third kappa shape index (κ3) is 5.41. The molecular weight excluding hydrogens is 409 g/mol. The van der Waals surface area contributed by atoms with E-state index in [1.165, 1.54) is 31.4 Å². The Balaban J connectivity index is 2.45. The van der Waals surface area contributed by atoms with Gasteiger partial charge in [-0.1, -0.05) is 25.1 Å². The number of anilines is 2. The SMILES string of the molecule is CC[C@H](C(=O)Nc1ccccc1C(F)(F)F)N(c1cccc(OC)c1)S(C)(=O)=O. The number of amides is 1. The van der Waals surface area contributed by atoms with Crippen LogP contribution in [-0.2, 0) is 21.0 Å². The number of sulfonamides is 1. The molecule has 1 amide bonds. The van der Waals surface area contributed by atoms with Crippen molar-refractivity contribution in [3.63, 3.8) is 0 Å². The average Bonchev–Trinajstić information content (AvgIpc) is 2.64. The molecule has 0 aliphatic rings. The number of ether oxygens (including phenoxy) is 1. The molecule has 0 spiro atoms. The molecule has 0 unspecified atom stereocenters. The Kier molecular flexibility index (Phi) is 6.78. The zero-order valence-electron chi connectivity index (χ0n) is 16.0. The quantitative estimate of drug-likeness (QED) is 0.723. The van der Waals surface area contributed by atoms with E-state index in [1.807, 2.05) is 0 Å². The topological polar surface area (TPSA) is 75.7 Å². The van der Waals surface area contributed by atoms with Crippen LogP contribution < -0.4 is 14.4 Å². The molecule has 0 saturated carbocycles. The lowest BCUT2D eigenvalue weighted by molar-refractivity contribution is -0.137. The summed E-state index contributed by atoms with van der Waals surface area (Å²) < 4.78 is 70.5. The summed E-state index contributed by atoms with van der Waals surface area (Å²) in [5, 5.41) is 2.22. The van der Waals surface area contributed by atoms with Gasteiger partial charge in [-0.15, -0.1) is 0 Å². The van der Waals surface area contributed by atoms with E-state index in [1.54, 1.807) is 19.1 Å². The highest BCUT2D eigenvalue weighted by atomic mass is 32.2. The molecule has 6 nitrogen and oxygen atoms in total. The number of nitrogens with one attached hydrogen (secondary N) is 1. The van der Waals surface area contributed by atoms with Crippen LogP contribution in [-0.4, -0.2) is 33.7 Å². The summed E-state index contributed by atoms with van der Waals surface area (Å²) in [5.74, 6) is -0.508. The van der Waals surface area contributed by atoms with Gasteiger partial charge in [0.05, 0.1) is 30.3 Å². The molecule has 0 bridgehead atoms. The predicted octanol–water partition coefficient (Wildman–Crippen LogP) is 3.90. The summed E-state index contributed by atoms with van der Waals surface area (Å²) >= 11 is 0. The fourth-order valence-electron chi connectivity index (χ4n) is 2.86. The van der Waals surface area contributed by atoms with Crippen LogP contribution in [0.15, 0.2) is 48.5 Å². The number of carbonyl (C=O) groups excluding carboxylic acids is 1. The normalized spacial score (nSPS) is 12.9. The van der Waals surface area contributed by atoms with Crippen LogP contribution in [0.5, 0.6) is 5.75 Å². The van der Waals surface area contributed by atoms with E-state index in [9.17, 15) is 26.4 Å². The van der Waals surface area contributed by atoms with Crippen LogP contribution in [0.1, 0.15) is 18.9 Å². The van der Waals surface area contributed by atoms with E-state index in [-0.39, 0.29) is 12.1 Å². The third-order valence-corrected chi connectivity index (χ3v) is 5.31.